The predicted molar refractivity (Wildman–Crippen MR) is 85.4 cm³/mol. The number of amides is 1. The Morgan fingerprint density at radius 3 is 2.73 bits per heavy atom. The number of rotatable bonds is 4. The van der Waals surface area contributed by atoms with Gasteiger partial charge in [0.15, 0.2) is 9.84 Å². The van der Waals surface area contributed by atoms with Gasteiger partial charge < -0.3 is 10.6 Å². The van der Waals surface area contributed by atoms with Gasteiger partial charge in [0.25, 0.3) is 0 Å². The van der Waals surface area contributed by atoms with Gasteiger partial charge >= 0.3 is 0 Å². The van der Waals surface area contributed by atoms with Crippen LogP contribution < -0.4 is 10.6 Å². The SMILES string of the molecule is O=C(CCN1CCN[C@@H]2CS(=O)(=O)C[C@@H]21)NC1CCCCC1. The second-order valence-corrected chi connectivity index (χ2v) is 9.05. The van der Waals surface area contributed by atoms with E-state index in [1.165, 1.54) is 19.3 Å². The van der Waals surface area contributed by atoms with Gasteiger partial charge in [0.05, 0.1) is 11.5 Å². The van der Waals surface area contributed by atoms with Gasteiger partial charge in [-0.05, 0) is 12.8 Å². The zero-order valence-electron chi connectivity index (χ0n) is 13.1. The Labute approximate surface area is 132 Å². The van der Waals surface area contributed by atoms with E-state index < -0.39 is 9.84 Å². The van der Waals surface area contributed by atoms with Crippen LogP contribution in [-0.2, 0) is 14.6 Å². The monoisotopic (exact) mass is 329 g/mol. The summed E-state index contributed by atoms with van der Waals surface area (Å²) in [5, 5.41) is 6.43. The Morgan fingerprint density at radius 1 is 1.18 bits per heavy atom. The number of hydrogen-bond acceptors (Lipinski definition) is 5. The quantitative estimate of drug-likeness (QED) is 0.753. The fraction of sp³-hybridized carbons (Fsp3) is 0.933. The van der Waals surface area contributed by atoms with Gasteiger partial charge in [0, 0.05) is 44.2 Å². The maximum atomic E-state index is 12.1. The van der Waals surface area contributed by atoms with Gasteiger partial charge in [-0.15, -0.1) is 0 Å². The lowest BCUT2D eigenvalue weighted by Crippen LogP contribution is -2.57. The van der Waals surface area contributed by atoms with Crippen LogP contribution in [0.5, 0.6) is 0 Å². The van der Waals surface area contributed by atoms with Crippen LogP contribution in [0.4, 0.5) is 0 Å². The number of carbonyl (C=O) groups excluding carboxylic acids is 1. The van der Waals surface area contributed by atoms with Crippen LogP contribution in [0.25, 0.3) is 0 Å². The van der Waals surface area contributed by atoms with Crippen molar-refractivity contribution in [3.63, 3.8) is 0 Å². The molecule has 0 aromatic heterocycles. The van der Waals surface area contributed by atoms with E-state index in [4.69, 9.17) is 0 Å². The van der Waals surface area contributed by atoms with E-state index in [1.54, 1.807) is 0 Å². The van der Waals surface area contributed by atoms with E-state index in [0.29, 0.717) is 19.0 Å². The van der Waals surface area contributed by atoms with Crippen molar-refractivity contribution in [1.82, 2.24) is 15.5 Å². The standard InChI is InChI=1S/C15H27N3O3S/c19-15(17-12-4-2-1-3-5-12)6-8-18-9-7-16-13-10-22(20,21)11-14(13)18/h12-14,16H,1-11H2,(H,17,19)/t13-,14+/m1/s1. The third-order valence-electron chi connectivity index (χ3n) is 5.19. The molecule has 0 radical (unpaired) electrons. The molecule has 2 N–H and O–H groups in total. The molecule has 2 heterocycles. The van der Waals surface area contributed by atoms with Crippen LogP contribution in [0.3, 0.4) is 0 Å². The first-order valence-corrected chi connectivity index (χ1v) is 10.3. The summed E-state index contributed by atoms with van der Waals surface area (Å²) in [6.07, 6.45) is 6.38. The number of nitrogens with one attached hydrogen (secondary N) is 2. The molecule has 3 fully saturated rings. The van der Waals surface area contributed by atoms with Crippen molar-refractivity contribution in [1.29, 1.82) is 0 Å². The van der Waals surface area contributed by atoms with E-state index in [-0.39, 0.29) is 29.5 Å². The van der Waals surface area contributed by atoms with Crippen LogP contribution in [0.2, 0.25) is 0 Å². The second-order valence-electron chi connectivity index (χ2n) is 6.89. The molecule has 1 aliphatic carbocycles. The van der Waals surface area contributed by atoms with Crippen LogP contribution in [0.15, 0.2) is 0 Å². The Bertz CT molecular complexity index is 502. The minimum absolute atomic E-state index is 0.0418. The number of carbonyl (C=O) groups is 1. The molecule has 0 aromatic rings. The molecule has 3 rings (SSSR count). The molecular weight excluding hydrogens is 302 g/mol. The van der Waals surface area contributed by atoms with Crippen molar-refractivity contribution in [3.8, 4) is 0 Å². The summed E-state index contributed by atoms with van der Waals surface area (Å²) in [5.74, 6) is 0.583. The predicted octanol–water partition coefficient (Wildman–Crippen LogP) is -0.104. The van der Waals surface area contributed by atoms with E-state index >= 15 is 0 Å². The molecule has 22 heavy (non-hydrogen) atoms. The molecule has 6 nitrogen and oxygen atoms in total. The first kappa shape index (κ1) is 16.2. The van der Waals surface area contributed by atoms with Gasteiger partial charge in [-0.1, -0.05) is 19.3 Å². The highest BCUT2D eigenvalue weighted by Crippen LogP contribution is 2.21. The highest BCUT2D eigenvalue weighted by molar-refractivity contribution is 7.91. The normalized spacial score (nSPS) is 32.5. The molecule has 2 aliphatic heterocycles. The number of nitrogens with zero attached hydrogens (tertiary/aromatic N) is 1. The summed E-state index contributed by atoms with van der Waals surface area (Å²) in [7, 11) is -2.93. The summed E-state index contributed by atoms with van der Waals surface area (Å²) < 4.78 is 23.6. The molecule has 126 valence electrons. The number of hydrogen-bond donors (Lipinski definition) is 2. The van der Waals surface area contributed by atoms with E-state index in [0.717, 1.165) is 25.9 Å². The molecule has 2 atom stereocenters. The third kappa shape index (κ3) is 4.00. The molecule has 0 bridgehead atoms. The Kier molecular flexibility index (Phi) is 5.04. The average molecular weight is 329 g/mol. The van der Waals surface area contributed by atoms with Crippen molar-refractivity contribution < 1.29 is 13.2 Å². The van der Waals surface area contributed by atoms with Crippen LogP contribution >= 0.6 is 0 Å². The summed E-state index contributed by atoms with van der Waals surface area (Å²) >= 11 is 0. The van der Waals surface area contributed by atoms with Crippen molar-refractivity contribution in [2.45, 2.75) is 56.7 Å². The molecule has 7 heteroatoms. The van der Waals surface area contributed by atoms with Crippen LogP contribution in [-0.4, -0.2) is 68.5 Å². The zero-order valence-corrected chi connectivity index (χ0v) is 13.9. The first-order chi connectivity index (χ1) is 10.5. The number of piperazine rings is 1. The molecule has 1 amide bonds. The maximum absolute atomic E-state index is 12.1. The van der Waals surface area contributed by atoms with Crippen LogP contribution in [0.1, 0.15) is 38.5 Å². The van der Waals surface area contributed by atoms with Gasteiger partial charge in [-0.2, -0.15) is 0 Å². The molecule has 2 saturated heterocycles. The molecule has 0 unspecified atom stereocenters. The highest BCUT2D eigenvalue weighted by Gasteiger charge is 2.42. The Morgan fingerprint density at radius 2 is 1.95 bits per heavy atom. The lowest BCUT2D eigenvalue weighted by atomic mass is 9.95. The molecule has 1 saturated carbocycles. The van der Waals surface area contributed by atoms with E-state index in [9.17, 15) is 13.2 Å². The number of fused-ring (bicyclic) bond motifs is 1. The summed E-state index contributed by atoms with van der Waals surface area (Å²) in [6.45, 7) is 2.30. The summed E-state index contributed by atoms with van der Waals surface area (Å²) in [5.41, 5.74) is 0. The fourth-order valence-corrected chi connectivity index (χ4v) is 6.00. The van der Waals surface area contributed by atoms with Crippen molar-refractivity contribution in [3.05, 3.63) is 0 Å². The lowest BCUT2D eigenvalue weighted by molar-refractivity contribution is -0.122. The van der Waals surface area contributed by atoms with Gasteiger partial charge in [-0.3, -0.25) is 9.69 Å². The second kappa shape index (κ2) is 6.84. The smallest absolute Gasteiger partial charge is 0.221 e. The molecule has 0 spiro atoms. The highest BCUT2D eigenvalue weighted by atomic mass is 32.2. The fourth-order valence-electron chi connectivity index (χ4n) is 4.01. The third-order valence-corrected chi connectivity index (χ3v) is 6.91. The zero-order chi connectivity index (χ0) is 15.6. The van der Waals surface area contributed by atoms with Crippen molar-refractivity contribution >= 4 is 15.7 Å². The minimum atomic E-state index is -2.93. The van der Waals surface area contributed by atoms with Gasteiger partial charge in [0.2, 0.25) is 5.91 Å². The average Bonchev–Trinajstić information content (AvgIpc) is 2.80. The summed E-state index contributed by atoms with van der Waals surface area (Å²) in [4.78, 5) is 14.3. The van der Waals surface area contributed by atoms with Gasteiger partial charge in [0.1, 0.15) is 0 Å². The van der Waals surface area contributed by atoms with Crippen molar-refractivity contribution in [2.75, 3.05) is 31.1 Å². The topological polar surface area (TPSA) is 78.5 Å². The molecular formula is C15H27N3O3S. The van der Waals surface area contributed by atoms with E-state index in [2.05, 4.69) is 15.5 Å². The molecule has 3 aliphatic rings. The first-order valence-electron chi connectivity index (χ1n) is 8.51. The van der Waals surface area contributed by atoms with Gasteiger partial charge in [-0.25, -0.2) is 8.42 Å². The minimum Gasteiger partial charge on any atom is -0.353 e. The van der Waals surface area contributed by atoms with Crippen LogP contribution in [0, 0.1) is 0 Å². The Hall–Kier alpha value is -0.660. The van der Waals surface area contributed by atoms with E-state index in [1.807, 2.05) is 0 Å². The Balaban J connectivity index is 1.47. The molecule has 0 aromatic carbocycles. The summed E-state index contributed by atoms with van der Waals surface area (Å²) in [6, 6.07) is 0.435. The largest absolute Gasteiger partial charge is 0.353 e. The lowest BCUT2D eigenvalue weighted by Gasteiger charge is -2.37. The van der Waals surface area contributed by atoms with Crippen molar-refractivity contribution in [2.24, 2.45) is 0 Å². The number of sulfone groups is 1. The maximum Gasteiger partial charge on any atom is 0.221 e.